The molecule has 0 saturated carbocycles. The molecule has 0 heterocycles. The van der Waals surface area contributed by atoms with Crippen LogP contribution < -0.4 is 5.09 Å². The van der Waals surface area contributed by atoms with Crippen molar-refractivity contribution in [3.05, 3.63) is 53.3 Å². The first-order valence-corrected chi connectivity index (χ1v) is 8.39. The number of aromatic hydroxyl groups is 1. The molecule has 0 bridgehead atoms. The quantitative estimate of drug-likeness (QED) is 0.601. The van der Waals surface area contributed by atoms with Crippen LogP contribution in [0.15, 0.2) is 47.7 Å². The summed E-state index contributed by atoms with van der Waals surface area (Å²) in [5.74, 6) is -1.40. The zero-order valence-electron chi connectivity index (χ0n) is 12.3. The van der Waals surface area contributed by atoms with Crippen LogP contribution in [0.3, 0.4) is 0 Å². The molecule has 0 amide bonds. The third-order valence-corrected chi connectivity index (χ3v) is 3.98. The van der Waals surface area contributed by atoms with Crippen molar-refractivity contribution in [3.63, 3.8) is 0 Å². The summed E-state index contributed by atoms with van der Waals surface area (Å²) in [4.78, 5) is 42.1. The Morgan fingerprint density at radius 3 is 2.61 bits per heavy atom. The second-order valence-electron chi connectivity index (χ2n) is 5.21. The maximum Gasteiger partial charge on any atom is 0.427 e. The van der Waals surface area contributed by atoms with Gasteiger partial charge in [0.25, 0.3) is 0 Å². The fraction of sp³-hybridized carbons (Fsp3) is 0.200. The van der Waals surface area contributed by atoms with Gasteiger partial charge >= 0.3 is 7.75 Å². The molecule has 0 fully saturated rings. The molecule has 1 aromatic rings. The molecule has 0 aromatic heterocycles. The molecule has 23 heavy (non-hydrogen) atoms. The molecule has 0 radical (unpaired) electrons. The van der Waals surface area contributed by atoms with Crippen molar-refractivity contribution in [1.29, 1.82) is 0 Å². The number of Topliss-reactive ketones (excluding diaryl/α,β-unsaturated/α-hetero) is 1. The Balaban J connectivity index is 2.37. The minimum Gasteiger partial charge on any atom is -0.508 e. The largest absolute Gasteiger partial charge is 0.508 e. The van der Waals surface area contributed by atoms with Gasteiger partial charge in [-0.25, -0.2) is 4.57 Å². The fourth-order valence-corrected chi connectivity index (χ4v) is 2.84. The first-order chi connectivity index (χ1) is 10.7. The number of hydrogen-bond donors (Lipinski definition) is 4. The normalized spacial score (nSPS) is 16.4. The van der Waals surface area contributed by atoms with Gasteiger partial charge in [0.1, 0.15) is 5.75 Å². The van der Waals surface area contributed by atoms with Crippen molar-refractivity contribution < 1.29 is 29.0 Å². The summed E-state index contributed by atoms with van der Waals surface area (Å²) in [6.45, 7) is 1.61. The maximum atomic E-state index is 12.6. The Bertz CT molecular complexity index is 761. The monoisotopic (exact) mass is 337 g/mol. The SMILES string of the molecule is CC(C(=O)C1=C(NP(=O)(O)O)CC(=O)C=C1)c1cccc(O)c1. The molecule has 122 valence electrons. The molecule has 1 aliphatic carbocycles. The van der Waals surface area contributed by atoms with Crippen molar-refractivity contribution in [3.8, 4) is 5.75 Å². The molecular weight excluding hydrogens is 321 g/mol. The topological polar surface area (TPSA) is 124 Å². The van der Waals surface area contributed by atoms with Gasteiger partial charge in [0.2, 0.25) is 0 Å². The van der Waals surface area contributed by atoms with Crippen LogP contribution in [0.5, 0.6) is 5.75 Å². The number of phenolic OH excluding ortho intramolecular Hbond substituents is 1. The van der Waals surface area contributed by atoms with E-state index in [1.165, 1.54) is 24.3 Å². The van der Waals surface area contributed by atoms with E-state index in [2.05, 4.69) is 0 Å². The van der Waals surface area contributed by atoms with Crippen molar-refractivity contribution >= 4 is 19.3 Å². The minimum absolute atomic E-state index is 0.0130. The number of ketones is 2. The number of allylic oxidation sites excluding steroid dienone is 4. The number of hydrogen-bond acceptors (Lipinski definition) is 4. The number of phenols is 1. The van der Waals surface area contributed by atoms with Gasteiger partial charge in [-0.1, -0.05) is 19.1 Å². The second kappa shape index (κ2) is 6.50. The summed E-state index contributed by atoms with van der Waals surface area (Å²) in [7, 11) is -4.63. The fourth-order valence-electron chi connectivity index (χ4n) is 2.29. The summed E-state index contributed by atoms with van der Waals surface area (Å²) in [6, 6.07) is 6.17. The Morgan fingerprint density at radius 2 is 2.00 bits per heavy atom. The summed E-state index contributed by atoms with van der Waals surface area (Å²) in [5, 5.41) is 11.4. The highest BCUT2D eigenvalue weighted by Gasteiger charge is 2.27. The van der Waals surface area contributed by atoms with Gasteiger partial charge in [-0.05, 0) is 29.8 Å². The molecule has 0 spiro atoms. The predicted octanol–water partition coefficient (Wildman–Crippen LogP) is 1.53. The maximum absolute atomic E-state index is 12.6. The zero-order valence-corrected chi connectivity index (χ0v) is 13.2. The molecule has 8 heteroatoms. The zero-order chi connectivity index (χ0) is 17.2. The summed E-state index contributed by atoms with van der Waals surface area (Å²) in [6.07, 6.45) is 2.17. The molecule has 0 aliphatic heterocycles. The summed E-state index contributed by atoms with van der Waals surface area (Å²) >= 11 is 0. The Kier molecular flexibility index (Phi) is 4.85. The van der Waals surface area contributed by atoms with Gasteiger partial charge in [-0.15, -0.1) is 0 Å². The molecule has 1 aromatic carbocycles. The highest BCUT2D eigenvalue weighted by atomic mass is 31.2. The average molecular weight is 337 g/mol. The molecule has 4 N–H and O–H groups in total. The number of carbonyl (C=O) groups excluding carboxylic acids is 2. The Hall–Kier alpha value is -2.21. The van der Waals surface area contributed by atoms with Crippen molar-refractivity contribution in [2.75, 3.05) is 0 Å². The van der Waals surface area contributed by atoms with Crippen LogP contribution in [0.2, 0.25) is 0 Å². The van der Waals surface area contributed by atoms with Gasteiger partial charge in [-0.3, -0.25) is 14.7 Å². The first-order valence-electron chi connectivity index (χ1n) is 6.78. The second-order valence-corrected chi connectivity index (χ2v) is 6.52. The van der Waals surface area contributed by atoms with Crippen LogP contribution in [0, 0.1) is 0 Å². The van der Waals surface area contributed by atoms with Crippen LogP contribution in [0.25, 0.3) is 0 Å². The summed E-state index contributed by atoms with van der Waals surface area (Å²) in [5.41, 5.74) is 0.509. The van der Waals surface area contributed by atoms with Gasteiger partial charge < -0.3 is 14.9 Å². The number of benzene rings is 1. The molecule has 1 atom stereocenters. The Labute approximate surface area is 132 Å². The van der Waals surface area contributed by atoms with Crippen LogP contribution in [-0.4, -0.2) is 26.5 Å². The van der Waals surface area contributed by atoms with E-state index in [-0.39, 0.29) is 29.2 Å². The van der Waals surface area contributed by atoms with E-state index in [0.717, 1.165) is 0 Å². The predicted molar refractivity (Wildman–Crippen MR) is 82.5 cm³/mol. The smallest absolute Gasteiger partial charge is 0.427 e. The molecular formula is C15H16NO6P. The number of rotatable bonds is 5. The highest BCUT2D eigenvalue weighted by Crippen LogP contribution is 2.34. The van der Waals surface area contributed by atoms with Crippen LogP contribution in [0.4, 0.5) is 0 Å². The molecule has 1 unspecified atom stereocenters. The lowest BCUT2D eigenvalue weighted by atomic mass is 9.88. The van der Waals surface area contributed by atoms with Crippen molar-refractivity contribution in [2.45, 2.75) is 19.3 Å². The van der Waals surface area contributed by atoms with E-state index in [0.29, 0.717) is 5.56 Å². The lowest BCUT2D eigenvalue weighted by Gasteiger charge is -2.19. The lowest BCUT2D eigenvalue weighted by Crippen LogP contribution is -2.22. The van der Waals surface area contributed by atoms with Crippen LogP contribution in [0.1, 0.15) is 24.8 Å². The van der Waals surface area contributed by atoms with E-state index in [9.17, 15) is 19.3 Å². The van der Waals surface area contributed by atoms with E-state index in [1.807, 2.05) is 5.09 Å². The van der Waals surface area contributed by atoms with E-state index in [4.69, 9.17) is 9.79 Å². The van der Waals surface area contributed by atoms with Gasteiger partial charge in [0.15, 0.2) is 11.6 Å². The molecule has 1 aliphatic rings. The first kappa shape index (κ1) is 17.1. The van der Waals surface area contributed by atoms with Crippen LogP contribution in [-0.2, 0) is 14.2 Å². The lowest BCUT2D eigenvalue weighted by molar-refractivity contribution is -0.116. The standard InChI is InChI=1S/C15H16NO6P/c1-9(10-3-2-4-11(17)7-10)15(19)13-6-5-12(18)8-14(13)16-23(20,21)22/h2-7,9,17H,8H2,1H3,(H3,16,20,21,22). The van der Waals surface area contributed by atoms with Crippen molar-refractivity contribution in [1.82, 2.24) is 5.09 Å². The summed E-state index contributed by atoms with van der Waals surface area (Å²) < 4.78 is 11.1. The highest BCUT2D eigenvalue weighted by molar-refractivity contribution is 7.49. The number of carbonyl (C=O) groups is 2. The van der Waals surface area contributed by atoms with E-state index < -0.39 is 19.4 Å². The van der Waals surface area contributed by atoms with Gasteiger partial charge in [0.05, 0.1) is 6.42 Å². The molecule has 0 saturated heterocycles. The van der Waals surface area contributed by atoms with E-state index >= 15 is 0 Å². The Morgan fingerprint density at radius 1 is 1.30 bits per heavy atom. The van der Waals surface area contributed by atoms with Crippen LogP contribution >= 0.6 is 7.75 Å². The molecule has 2 rings (SSSR count). The van der Waals surface area contributed by atoms with Crippen molar-refractivity contribution in [2.24, 2.45) is 0 Å². The van der Waals surface area contributed by atoms with Gasteiger partial charge in [-0.2, -0.15) is 0 Å². The third-order valence-electron chi connectivity index (χ3n) is 3.42. The minimum atomic E-state index is -4.63. The van der Waals surface area contributed by atoms with Gasteiger partial charge in [0, 0.05) is 17.2 Å². The van der Waals surface area contributed by atoms with E-state index in [1.54, 1.807) is 19.1 Å². The molecule has 7 nitrogen and oxygen atoms in total. The average Bonchev–Trinajstić information content (AvgIpc) is 2.44. The number of nitrogens with one attached hydrogen (secondary N) is 1. The third kappa shape index (κ3) is 4.39.